The number of rotatable bonds is 2. The monoisotopic (exact) mass is 221 g/mol. The van der Waals surface area contributed by atoms with Crippen LogP contribution in [-0.2, 0) is 6.42 Å². The van der Waals surface area contributed by atoms with Gasteiger partial charge in [-0.1, -0.05) is 0 Å². The number of Topliss-reactive ketones (excluding diaryl/α,β-unsaturated/α-hetero) is 1. The first-order valence-electron chi connectivity index (χ1n) is 5.22. The Kier molecular flexibility index (Phi) is 2.83. The van der Waals surface area contributed by atoms with Gasteiger partial charge in [-0.3, -0.25) is 4.79 Å². The summed E-state index contributed by atoms with van der Waals surface area (Å²) in [5.74, 6) is 1.30. The molecule has 0 saturated carbocycles. The molecule has 1 aromatic rings. The molecule has 0 amide bonds. The van der Waals surface area contributed by atoms with E-state index in [1.165, 1.54) is 0 Å². The number of hydrogen-bond donors (Lipinski definition) is 1. The van der Waals surface area contributed by atoms with Crippen molar-refractivity contribution in [2.75, 3.05) is 14.2 Å². The number of ketones is 1. The summed E-state index contributed by atoms with van der Waals surface area (Å²) in [6, 6.07) is 3.12. The Morgan fingerprint density at radius 1 is 1.31 bits per heavy atom. The third-order valence-electron chi connectivity index (χ3n) is 2.96. The predicted molar refractivity (Wildman–Crippen MR) is 60.2 cm³/mol. The summed E-state index contributed by atoms with van der Waals surface area (Å²) in [5.41, 5.74) is 7.31. The Labute approximate surface area is 94.3 Å². The van der Waals surface area contributed by atoms with Crippen molar-refractivity contribution >= 4 is 5.78 Å². The zero-order valence-corrected chi connectivity index (χ0v) is 9.45. The fraction of sp³-hybridized carbons (Fsp3) is 0.417. The summed E-state index contributed by atoms with van der Waals surface area (Å²) in [6.07, 6.45) is 1.41. The maximum atomic E-state index is 11.9. The van der Waals surface area contributed by atoms with Gasteiger partial charge in [0.25, 0.3) is 0 Å². The molecule has 1 aromatic carbocycles. The van der Waals surface area contributed by atoms with Gasteiger partial charge >= 0.3 is 0 Å². The molecule has 1 aliphatic rings. The molecular weight excluding hydrogens is 206 g/mol. The largest absolute Gasteiger partial charge is 0.493 e. The van der Waals surface area contributed by atoms with Gasteiger partial charge in [0.05, 0.1) is 20.3 Å². The molecule has 0 bridgehead atoms. The number of nitrogens with two attached hydrogens (primary N) is 1. The highest BCUT2D eigenvalue weighted by Gasteiger charge is 2.28. The molecule has 1 unspecified atom stereocenters. The van der Waals surface area contributed by atoms with Gasteiger partial charge in [-0.2, -0.15) is 0 Å². The van der Waals surface area contributed by atoms with Crippen LogP contribution in [0.5, 0.6) is 11.5 Å². The summed E-state index contributed by atoms with van der Waals surface area (Å²) in [7, 11) is 3.16. The fourth-order valence-electron chi connectivity index (χ4n) is 2.10. The maximum absolute atomic E-state index is 11.9. The van der Waals surface area contributed by atoms with Crippen molar-refractivity contribution in [1.29, 1.82) is 0 Å². The molecule has 0 fully saturated rings. The molecule has 1 aliphatic carbocycles. The molecule has 0 heterocycles. The van der Waals surface area contributed by atoms with Crippen LogP contribution in [0.4, 0.5) is 0 Å². The van der Waals surface area contributed by atoms with Crippen molar-refractivity contribution in [3.63, 3.8) is 0 Å². The van der Waals surface area contributed by atoms with Crippen LogP contribution in [0, 0.1) is 0 Å². The van der Waals surface area contributed by atoms with Crippen LogP contribution in [0.3, 0.4) is 0 Å². The van der Waals surface area contributed by atoms with Gasteiger partial charge in [0, 0.05) is 11.1 Å². The molecule has 4 heteroatoms. The van der Waals surface area contributed by atoms with Crippen LogP contribution in [-0.4, -0.2) is 26.0 Å². The van der Waals surface area contributed by atoms with Crippen molar-refractivity contribution in [3.8, 4) is 11.5 Å². The molecule has 86 valence electrons. The second-order valence-corrected chi connectivity index (χ2v) is 3.84. The minimum atomic E-state index is -0.384. The van der Waals surface area contributed by atoms with Crippen molar-refractivity contribution in [1.82, 2.24) is 0 Å². The highest BCUT2D eigenvalue weighted by molar-refractivity contribution is 6.03. The molecule has 2 N–H and O–H groups in total. The lowest BCUT2D eigenvalue weighted by molar-refractivity contribution is 0.0947. The van der Waals surface area contributed by atoms with Crippen molar-refractivity contribution in [2.45, 2.75) is 18.9 Å². The van der Waals surface area contributed by atoms with E-state index < -0.39 is 0 Å². The van der Waals surface area contributed by atoms with E-state index in [1.54, 1.807) is 26.4 Å². The van der Waals surface area contributed by atoms with Gasteiger partial charge in [0.15, 0.2) is 17.3 Å². The third-order valence-corrected chi connectivity index (χ3v) is 2.96. The predicted octanol–water partition coefficient (Wildman–Crippen LogP) is 1.16. The molecule has 0 aliphatic heterocycles. The number of ether oxygens (including phenoxy) is 2. The molecule has 2 rings (SSSR count). The van der Waals surface area contributed by atoms with E-state index in [9.17, 15) is 4.79 Å². The number of carbonyl (C=O) groups is 1. The normalized spacial score (nSPS) is 19.2. The van der Waals surface area contributed by atoms with E-state index in [4.69, 9.17) is 15.2 Å². The van der Waals surface area contributed by atoms with Crippen LogP contribution < -0.4 is 15.2 Å². The standard InChI is InChI=1S/C12H15NO3/c1-15-10-6-4-7-8(12(10)16-2)3-5-9(13)11(7)14/h4,6,9H,3,5,13H2,1-2H3. The summed E-state index contributed by atoms with van der Waals surface area (Å²) >= 11 is 0. The van der Waals surface area contributed by atoms with Gasteiger partial charge in [-0.25, -0.2) is 0 Å². The van der Waals surface area contributed by atoms with Gasteiger partial charge < -0.3 is 15.2 Å². The molecule has 1 atom stereocenters. The Balaban J connectivity index is 2.57. The van der Waals surface area contributed by atoms with E-state index in [1.807, 2.05) is 0 Å². The van der Waals surface area contributed by atoms with Gasteiger partial charge in [0.1, 0.15) is 0 Å². The summed E-state index contributed by atoms with van der Waals surface area (Å²) < 4.78 is 10.5. The summed E-state index contributed by atoms with van der Waals surface area (Å²) in [5, 5.41) is 0. The van der Waals surface area contributed by atoms with Crippen LogP contribution in [0.2, 0.25) is 0 Å². The number of benzene rings is 1. The maximum Gasteiger partial charge on any atom is 0.179 e. The average Bonchev–Trinajstić information content (AvgIpc) is 2.32. The van der Waals surface area contributed by atoms with Crippen molar-refractivity contribution in [2.24, 2.45) is 5.73 Å². The van der Waals surface area contributed by atoms with Crippen LogP contribution in [0.15, 0.2) is 12.1 Å². The topological polar surface area (TPSA) is 61.6 Å². The van der Waals surface area contributed by atoms with Gasteiger partial charge in [0.2, 0.25) is 0 Å². The first kappa shape index (κ1) is 11.0. The highest BCUT2D eigenvalue weighted by Crippen LogP contribution is 2.36. The molecular formula is C12H15NO3. The zero-order valence-electron chi connectivity index (χ0n) is 9.45. The molecule has 0 radical (unpaired) electrons. The SMILES string of the molecule is COc1ccc2c(c1OC)CCC(N)C2=O. The summed E-state index contributed by atoms with van der Waals surface area (Å²) in [4.78, 5) is 11.9. The van der Waals surface area contributed by atoms with E-state index in [-0.39, 0.29) is 11.8 Å². The van der Waals surface area contributed by atoms with E-state index in [0.717, 1.165) is 12.0 Å². The number of carbonyl (C=O) groups excluding carboxylic acids is 1. The van der Waals surface area contributed by atoms with E-state index in [0.29, 0.717) is 23.5 Å². The first-order chi connectivity index (χ1) is 7.69. The van der Waals surface area contributed by atoms with Crippen LogP contribution in [0.1, 0.15) is 22.3 Å². The molecule has 0 aromatic heterocycles. The lowest BCUT2D eigenvalue weighted by atomic mass is 9.87. The van der Waals surface area contributed by atoms with Crippen LogP contribution in [0.25, 0.3) is 0 Å². The van der Waals surface area contributed by atoms with Crippen molar-refractivity contribution < 1.29 is 14.3 Å². The summed E-state index contributed by atoms with van der Waals surface area (Å²) in [6.45, 7) is 0. The molecule has 16 heavy (non-hydrogen) atoms. The minimum absolute atomic E-state index is 0.0118. The van der Waals surface area contributed by atoms with Gasteiger partial charge in [-0.15, -0.1) is 0 Å². The first-order valence-corrected chi connectivity index (χ1v) is 5.22. The second-order valence-electron chi connectivity index (χ2n) is 3.84. The third kappa shape index (κ3) is 1.55. The average molecular weight is 221 g/mol. The Morgan fingerprint density at radius 2 is 2.06 bits per heavy atom. The zero-order chi connectivity index (χ0) is 11.7. The molecule has 0 saturated heterocycles. The van der Waals surface area contributed by atoms with E-state index in [2.05, 4.69) is 0 Å². The van der Waals surface area contributed by atoms with Gasteiger partial charge in [-0.05, 0) is 25.0 Å². The molecule has 4 nitrogen and oxygen atoms in total. The second kappa shape index (κ2) is 4.14. The lowest BCUT2D eigenvalue weighted by Crippen LogP contribution is -2.35. The smallest absolute Gasteiger partial charge is 0.179 e. The van der Waals surface area contributed by atoms with Crippen LogP contribution >= 0.6 is 0 Å². The molecule has 0 spiro atoms. The highest BCUT2D eigenvalue weighted by atomic mass is 16.5. The van der Waals surface area contributed by atoms with E-state index >= 15 is 0 Å². The lowest BCUT2D eigenvalue weighted by Gasteiger charge is -2.23. The Bertz CT molecular complexity index is 429. The fourth-order valence-corrected chi connectivity index (χ4v) is 2.10. The Hall–Kier alpha value is -1.55. The quantitative estimate of drug-likeness (QED) is 0.814. The van der Waals surface area contributed by atoms with Crippen molar-refractivity contribution in [3.05, 3.63) is 23.3 Å². The Morgan fingerprint density at radius 3 is 2.69 bits per heavy atom. The number of hydrogen-bond acceptors (Lipinski definition) is 4. The minimum Gasteiger partial charge on any atom is -0.493 e. The number of methoxy groups -OCH3 is 2. The number of fused-ring (bicyclic) bond motifs is 1.